The van der Waals surface area contributed by atoms with Crippen LogP contribution in [0, 0.1) is 5.92 Å². The molecule has 0 aliphatic heterocycles. The second kappa shape index (κ2) is 8.92. The second-order valence-electron chi connectivity index (χ2n) is 5.03. The third-order valence-corrected chi connectivity index (χ3v) is 3.73. The van der Waals surface area contributed by atoms with Crippen LogP contribution >= 0.6 is 0 Å². The minimum absolute atomic E-state index is 0.341. The van der Waals surface area contributed by atoms with Gasteiger partial charge in [-0.05, 0) is 31.4 Å². The molecule has 3 heteroatoms. The van der Waals surface area contributed by atoms with Crippen molar-refractivity contribution in [3.05, 3.63) is 23.9 Å². The second-order valence-corrected chi connectivity index (χ2v) is 5.03. The van der Waals surface area contributed by atoms with E-state index in [1.807, 2.05) is 6.07 Å². The number of aromatic nitrogens is 1. The van der Waals surface area contributed by atoms with Gasteiger partial charge in [0.2, 0.25) is 5.88 Å². The zero-order valence-corrected chi connectivity index (χ0v) is 12.8. The molecule has 0 saturated heterocycles. The van der Waals surface area contributed by atoms with E-state index in [1.54, 1.807) is 13.3 Å². The number of pyridine rings is 1. The molecule has 1 atom stereocenters. The maximum Gasteiger partial charge on any atom is 0.217 e. The van der Waals surface area contributed by atoms with Crippen molar-refractivity contribution in [3.63, 3.8) is 0 Å². The third kappa shape index (κ3) is 4.83. The van der Waals surface area contributed by atoms with E-state index in [2.05, 4.69) is 37.1 Å². The van der Waals surface area contributed by atoms with Crippen molar-refractivity contribution in [2.45, 2.75) is 52.5 Å². The van der Waals surface area contributed by atoms with Gasteiger partial charge >= 0.3 is 0 Å². The fourth-order valence-electron chi connectivity index (χ4n) is 2.43. The average molecular weight is 264 g/mol. The highest BCUT2D eigenvalue weighted by molar-refractivity contribution is 5.29. The lowest BCUT2D eigenvalue weighted by Crippen LogP contribution is -2.25. The summed E-state index contributed by atoms with van der Waals surface area (Å²) in [4.78, 5) is 4.32. The topological polar surface area (TPSA) is 34.2 Å². The summed E-state index contributed by atoms with van der Waals surface area (Å²) in [6.45, 7) is 7.77. The lowest BCUT2D eigenvalue weighted by Gasteiger charge is -2.24. The third-order valence-electron chi connectivity index (χ3n) is 3.73. The molecule has 1 aromatic rings. The van der Waals surface area contributed by atoms with Crippen molar-refractivity contribution in [3.8, 4) is 5.88 Å². The van der Waals surface area contributed by atoms with E-state index in [9.17, 15) is 0 Å². The Balaban J connectivity index is 2.88. The van der Waals surface area contributed by atoms with Crippen LogP contribution in [-0.4, -0.2) is 18.6 Å². The monoisotopic (exact) mass is 264 g/mol. The Labute approximate surface area is 117 Å². The van der Waals surface area contributed by atoms with E-state index >= 15 is 0 Å². The predicted octanol–water partition coefficient (Wildman–Crippen LogP) is 3.96. The van der Waals surface area contributed by atoms with Gasteiger partial charge in [0.1, 0.15) is 0 Å². The van der Waals surface area contributed by atoms with Crippen LogP contribution in [0.25, 0.3) is 0 Å². The highest BCUT2D eigenvalue weighted by Crippen LogP contribution is 2.29. The molecule has 1 N–H and O–H groups in total. The minimum atomic E-state index is 0.341. The summed E-state index contributed by atoms with van der Waals surface area (Å²) in [5.74, 6) is 1.50. The van der Waals surface area contributed by atoms with Crippen LogP contribution in [0.5, 0.6) is 5.88 Å². The number of rotatable bonds is 9. The lowest BCUT2D eigenvalue weighted by atomic mass is 9.91. The van der Waals surface area contributed by atoms with E-state index in [4.69, 9.17) is 4.74 Å². The molecule has 1 heterocycles. The van der Waals surface area contributed by atoms with Crippen LogP contribution in [0.1, 0.15) is 58.1 Å². The van der Waals surface area contributed by atoms with Crippen molar-refractivity contribution in [2.75, 3.05) is 13.7 Å². The molecule has 0 aliphatic carbocycles. The van der Waals surface area contributed by atoms with Gasteiger partial charge in [-0.15, -0.1) is 0 Å². The molecular formula is C16H28N2O. The fraction of sp³-hybridized carbons (Fsp3) is 0.688. The standard InChI is InChI=1S/C16H28N2O/c1-5-10-17-15(12-13(6-2)7-3)14-9-8-11-18-16(14)19-4/h8-9,11,13,15,17H,5-7,10,12H2,1-4H3. The van der Waals surface area contributed by atoms with Gasteiger partial charge in [0.15, 0.2) is 0 Å². The Morgan fingerprint density at radius 2 is 2.00 bits per heavy atom. The number of methoxy groups -OCH3 is 1. The van der Waals surface area contributed by atoms with Crippen molar-refractivity contribution < 1.29 is 4.74 Å². The van der Waals surface area contributed by atoms with E-state index < -0.39 is 0 Å². The molecule has 0 radical (unpaired) electrons. The van der Waals surface area contributed by atoms with E-state index in [0.29, 0.717) is 6.04 Å². The molecule has 0 amide bonds. The largest absolute Gasteiger partial charge is 0.481 e. The first-order valence-corrected chi connectivity index (χ1v) is 7.48. The molecule has 0 spiro atoms. The summed E-state index contributed by atoms with van der Waals surface area (Å²) in [5.41, 5.74) is 1.19. The first-order chi connectivity index (χ1) is 9.26. The summed E-state index contributed by atoms with van der Waals surface area (Å²) < 4.78 is 5.40. The minimum Gasteiger partial charge on any atom is -0.481 e. The maximum absolute atomic E-state index is 5.40. The first kappa shape index (κ1) is 16.0. The van der Waals surface area contributed by atoms with Gasteiger partial charge < -0.3 is 10.1 Å². The highest BCUT2D eigenvalue weighted by atomic mass is 16.5. The van der Waals surface area contributed by atoms with Gasteiger partial charge in [0.25, 0.3) is 0 Å². The SMILES string of the molecule is CCCNC(CC(CC)CC)c1cccnc1OC. The molecular weight excluding hydrogens is 236 g/mol. The number of nitrogens with one attached hydrogen (secondary N) is 1. The highest BCUT2D eigenvalue weighted by Gasteiger charge is 2.19. The molecule has 0 bridgehead atoms. The summed E-state index contributed by atoms with van der Waals surface area (Å²) in [7, 11) is 1.69. The smallest absolute Gasteiger partial charge is 0.217 e. The van der Waals surface area contributed by atoms with Crippen molar-refractivity contribution >= 4 is 0 Å². The molecule has 1 aromatic heterocycles. The van der Waals surface area contributed by atoms with E-state index in [0.717, 1.165) is 31.2 Å². The fourth-order valence-corrected chi connectivity index (χ4v) is 2.43. The lowest BCUT2D eigenvalue weighted by molar-refractivity contribution is 0.346. The van der Waals surface area contributed by atoms with Crippen LogP contribution in [-0.2, 0) is 0 Å². The van der Waals surface area contributed by atoms with Crippen LogP contribution in [0.4, 0.5) is 0 Å². The van der Waals surface area contributed by atoms with Gasteiger partial charge in [-0.1, -0.05) is 39.7 Å². The van der Waals surface area contributed by atoms with Crippen LogP contribution < -0.4 is 10.1 Å². The molecule has 0 aromatic carbocycles. The molecule has 0 aliphatic rings. The van der Waals surface area contributed by atoms with E-state index in [1.165, 1.54) is 18.4 Å². The molecule has 0 fully saturated rings. The first-order valence-electron chi connectivity index (χ1n) is 7.48. The summed E-state index contributed by atoms with van der Waals surface area (Å²) >= 11 is 0. The number of hydrogen-bond donors (Lipinski definition) is 1. The summed E-state index contributed by atoms with van der Waals surface area (Å²) in [5, 5.41) is 3.64. The van der Waals surface area contributed by atoms with Gasteiger partial charge in [0.05, 0.1) is 7.11 Å². The number of nitrogens with zero attached hydrogens (tertiary/aromatic N) is 1. The Morgan fingerprint density at radius 1 is 1.26 bits per heavy atom. The van der Waals surface area contributed by atoms with Crippen LogP contribution in [0.2, 0.25) is 0 Å². The Bertz CT molecular complexity index is 350. The quantitative estimate of drug-likeness (QED) is 0.733. The van der Waals surface area contributed by atoms with Gasteiger partial charge in [-0.3, -0.25) is 0 Å². The van der Waals surface area contributed by atoms with Crippen LogP contribution in [0.15, 0.2) is 18.3 Å². The Hall–Kier alpha value is -1.09. The summed E-state index contributed by atoms with van der Waals surface area (Å²) in [6.07, 6.45) is 6.53. The molecule has 0 saturated carbocycles. The van der Waals surface area contributed by atoms with E-state index in [-0.39, 0.29) is 0 Å². The number of ether oxygens (including phenoxy) is 1. The van der Waals surface area contributed by atoms with Crippen molar-refractivity contribution in [1.29, 1.82) is 0 Å². The van der Waals surface area contributed by atoms with Gasteiger partial charge in [0, 0.05) is 17.8 Å². The molecule has 19 heavy (non-hydrogen) atoms. The Morgan fingerprint density at radius 3 is 2.58 bits per heavy atom. The zero-order chi connectivity index (χ0) is 14.1. The molecule has 1 unspecified atom stereocenters. The normalized spacial score (nSPS) is 12.7. The van der Waals surface area contributed by atoms with Gasteiger partial charge in [-0.2, -0.15) is 0 Å². The predicted molar refractivity (Wildman–Crippen MR) is 80.5 cm³/mol. The summed E-state index contributed by atoms with van der Waals surface area (Å²) in [6, 6.07) is 4.46. The van der Waals surface area contributed by atoms with Crippen molar-refractivity contribution in [1.82, 2.24) is 10.3 Å². The van der Waals surface area contributed by atoms with Crippen molar-refractivity contribution in [2.24, 2.45) is 5.92 Å². The Kier molecular flexibility index (Phi) is 7.49. The molecule has 1 rings (SSSR count). The maximum atomic E-state index is 5.40. The van der Waals surface area contributed by atoms with Gasteiger partial charge in [-0.25, -0.2) is 4.98 Å². The zero-order valence-electron chi connectivity index (χ0n) is 12.8. The number of hydrogen-bond acceptors (Lipinski definition) is 3. The molecule has 3 nitrogen and oxygen atoms in total. The molecule has 108 valence electrons. The average Bonchev–Trinajstić information content (AvgIpc) is 2.47. The van der Waals surface area contributed by atoms with Crippen LogP contribution in [0.3, 0.4) is 0 Å².